The second kappa shape index (κ2) is 7.15. The van der Waals surface area contributed by atoms with Gasteiger partial charge in [0.2, 0.25) is 11.8 Å². The van der Waals surface area contributed by atoms with E-state index in [0.29, 0.717) is 5.69 Å². The Bertz CT molecular complexity index is 914. The second-order valence-corrected chi connectivity index (χ2v) is 7.75. The summed E-state index contributed by atoms with van der Waals surface area (Å²) in [6, 6.07) is 14.9. The van der Waals surface area contributed by atoms with Crippen LogP contribution in [-0.4, -0.2) is 29.3 Å². The number of amides is 4. The molecule has 1 saturated carbocycles. The van der Waals surface area contributed by atoms with E-state index in [9.17, 15) is 14.4 Å². The highest BCUT2D eigenvalue weighted by Gasteiger charge is 2.44. The quantitative estimate of drug-likeness (QED) is 0.718. The molecule has 0 radical (unpaired) electrons. The molecule has 2 atom stereocenters. The number of benzene rings is 2. The van der Waals surface area contributed by atoms with Gasteiger partial charge in [-0.2, -0.15) is 0 Å². The number of halogens is 1. The van der Waals surface area contributed by atoms with Gasteiger partial charge in [-0.15, -0.1) is 0 Å². The number of imide groups is 1. The van der Waals surface area contributed by atoms with Gasteiger partial charge in [-0.05, 0) is 47.7 Å². The Labute approximate surface area is 165 Å². The molecule has 2 aromatic rings. The molecule has 2 fully saturated rings. The molecule has 7 heteroatoms. The van der Waals surface area contributed by atoms with Crippen LogP contribution in [-0.2, 0) is 16.1 Å². The van der Waals surface area contributed by atoms with Crippen LogP contribution < -0.4 is 10.6 Å². The predicted molar refractivity (Wildman–Crippen MR) is 104 cm³/mol. The van der Waals surface area contributed by atoms with Gasteiger partial charge in [0.15, 0.2) is 0 Å². The lowest BCUT2D eigenvalue weighted by molar-refractivity contribution is -0.125. The van der Waals surface area contributed by atoms with E-state index in [1.54, 1.807) is 6.07 Å². The van der Waals surface area contributed by atoms with Crippen LogP contribution in [0.4, 0.5) is 10.5 Å². The average molecular weight is 428 g/mol. The first kappa shape index (κ1) is 17.7. The van der Waals surface area contributed by atoms with Crippen molar-refractivity contribution in [3.05, 3.63) is 64.1 Å². The van der Waals surface area contributed by atoms with Crippen molar-refractivity contribution in [1.29, 1.82) is 0 Å². The molecular formula is C20H18BrN3O3. The zero-order valence-corrected chi connectivity index (χ0v) is 16.0. The first-order valence-electron chi connectivity index (χ1n) is 8.75. The molecule has 2 aromatic carbocycles. The topological polar surface area (TPSA) is 78.5 Å². The molecule has 0 spiro atoms. The van der Waals surface area contributed by atoms with Crippen molar-refractivity contribution in [2.75, 3.05) is 11.9 Å². The zero-order valence-electron chi connectivity index (χ0n) is 14.4. The second-order valence-electron chi connectivity index (χ2n) is 6.83. The third kappa shape index (κ3) is 3.88. The van der Waals surface area contributed by atoms with Gasteiger partial charge >= 0.3 is 6.03 Å². The van der Waals surface area contributed by atoms with E-state index >= 15 is 0 Å². The highest BCUT2D eigenvalue weighted by atomic mass is 79.9. The lowest BCUT2D eigenvalue weighted by Gasteiger charge is -2.13. The van der Waals surface area contributed by atoms with E-state index in [-0.39, 0.29) is 42.8 Å². The molecule has 6 nitrogen and oxygen atoms in total. The van der Waals surface area contributed by atoms with Crippen LogP contribution in [0.25, 0.3) is 0 Å². The summed E-state index contributed by atoms with van der Waals surface area (Å²) in [6.07, 6.45) is 0.838. The van der Waals surface area contributed by atoms with Gasteiger partial charge < -0.3 is 10.6 Å². The van der Waals surface area contributed by atoms with Crippen molar-refractivity contribution in [2.45, 2.75) is 18.9 Å². The van der Waals surface area contributed by atoms with Crippen LogP contribution in [0.3, 0.4) is 0 Å². The molecule has 2 aliphatic rings. The summed E-state index contributed by atoms with van der Waals surface area (Å²) in [6.45, 7) is 0.229. The Morgan fingerprint density at radius 3 is 2.74 bits per heavy atom. The lowest BCUT2D eigenvalue weighted by atomic mass is 10.1. The fourth-order valence-corrected chi connectivity index (χ4v) is 3.79. The van der Waals surface area contributed by atoms with Gasteiger partial charge in [-0.25, -0.2) is 4.79 Å². The van der Waals surface area contributed by atoms with E-state index in [1.807, 2.05) is 36.4 Å². The number of rotatable bonds is 5. The summed E-state index contributed by atoms with van der Waals surface area (Å²) < 4.78 is 1.01. The maximum absolute atomic E-state index is 12.6. The van der Waals surface area contributed by atoms with E-state index in [1.165, 1.54) is 4.90 Å². The lowest BCUT2D eigenvalue weighted by Crippen LogP contribution is -2.30. The SMILES string of the molecule is O=C(Nc1cccc(CN2C(=O)CNC2=O)c1)C1CC1c1cccc(Br)c1. The number of carbonyl (C=O) groups excluding carboxylic acids is 3. The van der Waals surface area contributed by atoms with Gasteiger partial charge in [-0.1, -0.05) is 40.2 Å². The van der Waals surface area contributed by atoms with Crippen molar-refractivity contribution in [3.8, 4) is 0 Å². The van der Waals surface area contributed by atoms with Crippen LogP contribution in [0.1, 0.15) is 23.5 Å². The van der Waals surface area contributed by atoms with Crippen LogP contribution in [0.15, 0.2) is 53.0 Å². The van der Waals surface area contributed by atoms with Crippen LogP contribution in [0, 0.1) is 5.92 Å². The van der Waals surface area contributed by atoms with Crippen LogP contribution in [0.5, 0.6) is 0 Å². The van der Waals surface area contributed by atoms with E-state index in [0.717, 1.165) is 22.0 Å². The molecule has 1 saturated heterocycles. The highest BCUT2D eigenvalue weighted by Crippen LogP contribution is 2.48. The summed E-state index contributed by atoms with van der Waals surface area (Å²) in [5.41, 5.74) is 2.62. The predicted octanol–water partition coefficient (Wildman–Crippen LogP) is 3.24. The molecule has 1 aliphatic carbocycles. The Balaban J connectivity index is 1.39. The number of hydrogen-bond acceptors (Lipinski definition) is 3. The fourth-order valence-electron chi connectivity index (χ4n) is 3.37. The maximum Gasteiger partial charge on any atom is 0.324 e. The highest BCUT2D eigenvalue weighted by molar-refractivity contribution is 9.10. The van der Waals surface area contributed by atoms with Crippen molar-refractivity contribution in [2.24, 2.45) is 5.92 Å². The van der Waals surface area contributed by atoms with Crippen molar-refractivity contribution in [1.82, 2.24) is 10.2 Å². The smallest absolute Gasteiger partial charge is 0.324 e. The molecule has 2 N–H and O–H groups in total. The molecule has 4 rings (SSSR count). The number of carbonyl (C=O) groups is 3. The van der Waals surface area contributed by atoms with Gasteiger partial charge in [0, 0.05) is 16.1 Å². The minimum Gasteiger partial charge on any atom is -0.329 e. The number of nitrogens with zero attached hydrogens (tertiary/aromatic N) is 1. The average Bonchev–Trinajstić information content (AvgIpc) is 3.39. The summed E-state index contributed by atoms with van der Waals surface area (Å²) in [5.74, 6) is -0.0399. The minimum atomic E-state index is -0.385. The van der Waals surface area contributed by atoms with E-state index in [4.69, 9.17) is 0 Å². The molecule has 1 heterocycles. The number of nitrogens with one attached hydrogen (secondary N) is 2. The molecule has 0 aromatic heterocycles. The molecule has 1 aliphatic heterocycles. The van der Waals surface area contributed by atoms with Gasteiger partial charge in [0.25, 0.3) is 0 Å². The molecular weight excluding hydrogens is 410 g/mol. The summed E-state index contributed by atoms with van der Waals surface area (Å²) in [5, 5.41) is 5.45. The van der Waals surface area contributed by atoms with E-state index in [2.05, 4.69) is 32.6 Å². The maximum atomic E-state index is 12.6. The van der Waals surface area contributed by atoms with Crippen molar-refractivity contribution in [3.63, 3.8) is 0 Å². The summed E-state index contributed by atoms with van der Waals surface area (Å²) in [7, 11) is 0. The standard InChI is InChI=1S/C20H18BrN3O3/c21-14-5-2-4-13(8-14)16-9-17(16)19(26)23-15-6-1-3-12(7-15)11-24-18(25)10-22-20(24)27/h1-8,16-17H,9-11H2,(H,22,27)(H,23,26). The third-order valence-corrected chi connectivity index (χ3v) is 5.37. The Morgan fingerprint density at radius 1 is 1.19 bits per heavy atom. The number of anilines is 1. The Hall–Kier alpha value is -2.67. The molecule has 138 valence electrons. The molecule has 0 bridgehead atoms. The Kier molecular flexibility index (Phi) is 4.70. The Morgan fingerprint density at radius 2 is 2.00 bits per heavy atom. The van der Waals surface area contributed by atoms with Crippen molar-refractivity contribution >= 4 is 39.5 Å². The minimum absolute atomic E-state index is 0.00730. The zero-order chi connectivity index (χ0) is 19.0. The largest absolute Gasteiger partial charge is 0.329 e. The first-order valence-corrected chi connectivity index (χ1v) is 9.54. The fraction of sp³-hybridized carbons (Fsp3) is 0.250. The van der Waals surface area contributed by atoms with Crippen molar-refractivity contribution < 1.29 is 14.4 Å². The first-order chi connectivity index (χ1) is 13.0. The van der Waals surface area contributed by atoms with E-state index < -0.39 is 0 Å². The molecule has 27 heavy (non-hydrogen) atoms. The normalized spacial score (nSPS) is 21.1. The molecule has 2 unspecified atom stereocenters. The summed E-state index contributed by atoms with van der Waals surface area (Å²) in [4.78, 5) is 37.1. The summed E-state index contributed by atoms with van der Waals surface area (Å²) >= 11 is 3.46. The van der Waals surface area contributed by atoms with Crippen LogP contribution in [0.2, 0.25) is 0 Å². The van der Waals surface area contributed by atoms with Crippen LogP contribution >= 0.6 is 15.9 Å². The van der Waals surface area contributed by atoms with Gasteiger partial charge in [0.05, 0.1) is 13.1 Å². The third-order valence-electron chi connectivity index (χ3n) is 4.88. The monoisotopic (exact) mass is 427 g/mol. The number of urea groups is 1. The number of hydrogen-bond donors (Lipinski definition) is 2. The molecule has 4 amide bonds. The van der Waals surface area contributed by atoms with Gasteiger partial charge in [0.1, 0.15) is 0 Å². The van der Waals surface area contributed by atoms with Gasteiger partial charge in [-0.3, -0.25) is 14.5 Å².